The first-order valence-corrected chi connectivity index (χ1v) is 6.61. The zero-order valence-electron chi connectivity index (χ0n) is 11.8. The van der Waals surface area contributed by atoms with Crippen molar-refractivity contribution in [2.24, 2.45) is 10.8 Å². The molecule has 4 heteroatoms. The minimum atomic E-state index is 0.328. The van der Waals surface area contributed by atoms with Gasteiger partial charge in [-0.1, -0.05) is 27.7 Å². The Bertz CT molecular complexity index is 410. The third-order valence-corrected chi connectivity index (χ3v) is 3.58. The number of aromatic nitrogens is 2. The number of hydrogen-bond acceptors (Lipinski definition) is 4. The van der Waals surface area contributed by atoms with Gasteiger partial charge in [0.25, 0.3) is 0 Å². The van der Waals surface area contributed by atoms with Crippen LogP contribution in [0.3, 0.4) is 0 Å². The van der Waals surface area contributed by atoms with Crippen LogP contribution in [-0.4, -0.2) is 16.0 Å². The van der Waals surface area contributed by atoms with Gasteiger partial charge in [0.05, 0.1) is 0 Å². The molecular formula is C14H24N4. The molecule has 1 saturated carbocycles. The fourth-order valence-electron chi connectivity index (χ4n) is 3.61. The number of hydrogen-bond donors (Lipinski definition) is 2. The minimum Gasteiger partial charge on any atom is -0.368 e. The van der Waals surface area contributed by atoms with E-state index in [9.17, 15) is 0 Å². The summed E-state index contributed by atoms with van der Waals surface area (Å²) >= 11 is 0. The van der Waals surface area contributed by atoms with E-state index in [2.05, 4.69) is 43.0 Å². The monoisotopic (exact) mass is 248 g/mol. The normalized spacial score (nSPS) is 22.7. The van der Waals surface area contributed by atoms with Gasteiger partial charge in [-0.2, -0.15) is 4.98 Å². The molecule has 0 spiro atoms. The van der Waals surface area contributed by atoms with Crippen LogP contribution < -0.4 is 11.1 Å². The van der Waals surface area contributed by atoms with Gasteiger partial charge in [-0.25, -0.2) is 4.98 Å². The van der Waals surface area contributed by atoms with Crippen LogP contribution in [0.25, 0.3) is 0 Å². The summed E-state index contributed by atoms with van der Waals surface area (Å²) in [5.41, 5.74) is 6.35. The van der Waals surface area contributed by atoms with Crippen molar-refractivity contribution in [1.29, 1.82) is 0 Å². The molecule has 1 aliphatic rings. The minimum absolute atomic E-state index is 0.328. The Morgan fingerprint density at radius 3 is 2.39 bits per heavy atom. The van der Waals surface area contributed by atoms with Gasteiger partial charge in [-0.3, -0.25) is 0 Å². The lowest BCUT2D eigenvalue weighted by Gasteiger charge is -2.45. The maximum absolute atomic E-state index is 5.61. The summed E-state index contributed by atoms with van der Waals surface area (Å²) in [6.45, 7) is 9.38. The van der Waals surface area contributed by atoms with Crippen molar-refractivity contribution in [3.05, 3.63) is 12.3 Å². The summed E-state index contributed by atoms with van der Waals surface area (Å²) in [7, 11) is 0. The third-order valence-electron chi connectivity index (χ3n) is 3.58. The summed E-state index contributed by atoms with van der Waals surface area (Å²) in [5, 5.41) is 3.50. The second kappa shape index (κ2) is 4.41. The van der Waals surface area contributed by atoms with E-state index in [4.69, 9.17) is 5.73 Å². The molecule has 1 aromatic rings. The quantitative estimate of drug-likeness (QED) is 0.844. The van der Waals surface area contributed by atoms with Gasteiger partial charge in [-0.05, 0) is 36.2 Å². The van der Waals surface area contributed by atoms with Crippen LogP contribution in [-0.2, 0) is 0 Å². The maximum Gasteiger partial charge on any atom is 0.221 e. The predicted molar refractivity (Wildman–Crippen MR) is 75.3 cm³/mol. The molecule has 0 radical (unpaired) electrons. The van der Waals surface area contributed by atoms with Crippen molar-refractivity contribution >= 4 is 11.8 Å². The van der Waals surface area contributed by atoms with E-state index in [0.29, 0.717) is 22.8 Å². The third kappa shape index (κ3) is 3.34. The summed E-state index contributed by atoms with van der Waals surface area (Å²) in [6.07, 6.45) is 5.30. The highest BCUT2D eigenvalue weighted by atomic mass is 15.1. The highest BCUT2D eigenvalue weighted by Crippen LogP contribution is 2.46. The van der Waals surface area contributed by atoms with E-state index in [0.717, 1.165) is 5.82 Å². The van der Waals surface area contributed by atoms with Gasteiger partial charge in [0.1, 0.15) is 5.82 Å². The number of nitrogens with one attached hydrogen (secondary N) is 1. The Balaban J connectivity index is 2.09. The van der Waals surface area contributed by atoms with E-state index < -0.39 is 0 Å². The van der Waals surface area contributed by atoms with E-state index >= 15 is 0 Å². The Labute approximate surface area is 109 Å². The van der Waals surface area contributed by atoms with Crippen molar-refractivity contribution in [3.8, 4) is 0 Å². The van der Waals surface area contributed by atoms with Crippen LogP contribution in [0.4, 0.5) is 11.8 Å². The van der Waals surface area contributed by atoms with Gasteiger partial charge in [0.15, 0.2) is 0 Å². The zero-order chi connectivity index (χ0) is 13.4. The fourth-order valence-corrected chi connectivity index (χ4v) is 3.61. The highest BCUT2D eigenvalue weighted by molar-refractivity contribution is 5.38. The second-order valence-electron chi connectivity index (χ2n) is 7.05. The van der Waals surface area contributed by atoms with Gasteiger partial charge >= 0.3 is 0 Å². The lowest BCUT2D eigenvalue weighted by Crippen LogP contribution is -2.40. The number of nitrogens with two attached hydrogens (primary N) is 1. The lowest BCUT2D eigenvalue weighted by molar-refractivity contribution is 0.105. The van der Waals surface area contributed by atoms with Crippen molar-refractivity contribution < 1.29 is 0 Å². The van der Waals surface area contributed by atoms with Gasteiger partial charge < -0.3 is 11.1 Å². The predicted octanol–water partition coefficient (Wildman–Crippen LogP) is 3.08. The average molecular weight is 248 g/mol. The van der Waals surface area contributed by atoms with Crippen molar-refractivity contribution in [2.45, 2.75) is 53.0 Å². The molecule has 100 valence electrons. The van der Waals surface area contributed by atoms with Crippen molar-refractivity contribution in [3.63, 3.8) is 0 Å². The van der Waals surface area contributed by atoms with E-state index in [1.54, 1.807) is 6.20 Å². The molecule has 0 aliphatic heterocycles. The number of anilines is 2. The molecule has 0 aromatic carbocycles. The second-order valence-corrected chi connectivity index (χ2v) is 7.05. The molecule has 0 atom stereocenters. The van der Waals surface area contributed by atoms with E-state index in [1.165, 1.54) is 19.3 Å². The number of rotatable bonds is 2. The maximum atomic E-state index is 5.61. The summed E-state index contributed by atoms with van der Waals surface area (Å²) < 4.78 is 0. The van der Waals surface area contributed by atoms with Crippen molar-refractivity contribution in [1.82, 2.24) is 9.97 Å². The van der Waals surface area contributed by atoms with E-state index in [-0.39, 0.29) is 0 Å². The molecule has 2 rings (SSSR count). The standard InChI is InChI=1S/C14H24N4/c1-13(2)7-10(8-14(3,4)9-13)17-11-5-6-16-12(15)18-11/h5-6,10H,7-9H2,1-4H3,(H3,15,16,17,18). The van der Waals surface area contributed by atoms with Crippen molar-refractivity contribution in [2.75, 3.05) is 11.1 Å². The topological polar surface area (TPSA) is 63.8 Å². The molecule has 0 saturated heterocycles. The fraction of sp³-hybridized carbons (Fsp3) is 0.714. The first-order valence-electron chi connectivity index (χ1n) is 6.61. The van der Waals surface area contributed by atoms with Crippen LogP contribution in [0.15, 0.2) is 12.3 Å². The zero-order valence-corrected chi connectivity index (χ0v) is 11.8. The van der Waals surface area contributed by atoms with Crippen LogP contribution in [0.1, 0.15) is 47.0 Å². The SMILES string of the molecule is CC1(C)CC(Nc2ccnc(N)n2)CC(C)(C)C1. The molecule has 18 heavy (non-hydrogen) atoms. The molecule has 1 aliphatic carbocycles. The summed E-state index contributed by atoms with van der Waals surface area (Å²) in [6, 6.07) is 2.34. The Morgan fingerprint density at radius 1 is 1.22 bits per heavy atom. The molecule has 3 N–H and O–H groups in total. The number of nitrogen functional groups attached to an aromatic ring is 1. The summed E-state index contributed by atoms with van der Waals surface area (Å²) in [5.74, 6) is 1.16. The Kier molecular flexibility index (Phi) is 3.21. The smallest absolute Gasteiger partial charge is 0.221 e. The molecule has 4 nitrogen and oxygen atoms in total. The van der Waals surface area contributed by atoms with Crippen LogP contribution in [0, 0.1) is 10.8 Å². The van der Waals surface area contributed by atoms with Crippen LogP contribution in [0.5, 0.6) is 0 Å². The first-order chi connectivity index (χ1) is 8.26. The first kappa shape index (κ1) is 13.1. The molecule has 0 amide bonds. The molecule has 0 bridgehead atoms. The molecule has 1 fully saturated rings. The largest absolute Gasteiger partial charge is 0.368 e. The van der Waals surface area contributed by atoms with Crippen LogP contribution in [0.2, 0.25) is 0 Å². The Hall–Kier alpha value is -1.32. The average Bonchev–Trinajstić information content (AvgIpc) is 2.11. The molecule has 0 unspecified atom stereocenters. The molecule has 1 heterocycles. The van der Waals surface area contributed by atoms with Gasteiger partial charge in [0.2, 0.25) is 5.95 Å². The van der Waals surface area contributed by atoms with Crippen LogP contribution >= 0.6 is 0 Å². The lowest BCUT2D eigenvalue weighted by atomic mass is 9.63. The Morgan fingerprint density at radius 2 is 1.83 bits per heavy atom. The van der Waals surface area contributed by atoms with Gasteiger partial charge in [-0.15, -0.1) is 0 Å². The molecular weight excluding hydrogens is 224 g/mol. The molecule has 1 aromatic heterocycles. The number of nitrogens with zero attached hydrogens (tertiary/aromatic N) is 2. The van der Waals surface area contributed by atoms with E-state index in [1.807, 2.05) is 6.07 Å². The van der Waals surface area contributed by atoms with Gasteiger partial charge in [0, 0.05) is 12.2 Å². The highest BCUT2D eigenvalue weighted by Gasteiger charge is 2.38. The summed E-state index contributed by atoms with van der Waals surface area (Å²) in [4.78, 5) is 8.14.